The number of nitrogens with one attached hydrogen (secondary N) is 1. The molecule has 128 valence electrons. The molecule has 0 bridgehead atoms. The van der Waals surface area contributed by atoms with Crippen molar-refractivity contribution in [2.45, 2.75) is 13.1 Å². The van der Waals surface area contributed by atoms with E-state index in [-0.39, 0.29) is 18.3 Å². The topological polar surface area (TPSA) is 81.9 Å². The van der Waals surface area contributed by atoms with Crippen molar-refractivity contribution in [1.29, 1.82) is 0 Å². The fourth-order valence-corrected chi connectivity index (χ4v) is 2.15. The molecule has 1 amide bonds. The molecule has 0 aliphatic carbocycles. The highest BCUT2D eigenvalue weighted by Gasteiger charge is 2.09. The standard InChI is InChI=1S/C17H16FN5O2/c1-25-15-8-2-12(3-9-15)10-19-16(24)11-23-21-17(20-22-23)13-4-6-14(18)7-5-13/h2-9H,10-11H2,1H3,(H,19,24). The first kappa shape index (κ1) is 16.6. The van der Waals surface area contributed by atoms with Gasteiger partial charge >= 0.3 is 0 Å². The molecule has 1 N–H and O–H groups in total. The number of ether oxygens (including phenoxy) is 1. The van der Waals surface area contributed by atoms with E-state index < -0.39 is 0 Å². The molecule has 0 aliphatic rings. The Bertz CT molecular complexity index is 846. The summed E-state index contributed by atoms with van der Waals surface area (Å²) in [5, 5.41) is 14.6. The molecule has 0 saturated heterocycles. The van der Waals surface area contributed by atoms with Crippen LogP contribution >= 0.6 is 0 Å². The molecule has 3 aromatic rings. The predicted molar refractivity (Wildman–Crippen MR) is 88.1 cm³/mol. The maximum Gasteiger partial charge on any atom is 0.243 e. The zero-order chi connectivity index (χ0) is 17.6. The number of methoxy groups -OCH3 is 1. The number of halogens is 1. The van der Waals surface area contributed by atoms with E-state index in [9.17, 15) is 9.18 Å². The predicted octanol–water partition coefficient (Wildman–Crippen LogP) is 1.80. The molecule has 8 heteroatoms. The van der Waals surface area contributed by atoms with E-state index >= 15 is 0 Å². The van der Waals surface area contributed by atoms with Crippen LogP contribution in [0.15, 0.2) is 48.5 Å². The lowest BCUT2D eigenvalue weighted by Crippen LogP contribution is -2.28. The van der Waals surface area contributed by atoms with Gasteiger partial charge in [-0.1, -0.05) is 12.1 Å². The monoisotopic (exact) mass is 341 g/mol. The van der Waals surface area contributed by atoms with Gasteiger partial charge in [-0.25, -0.2) is 4.39 Å². The molecule has 3 rings (SSSR count). The van der Waals surface area contributed by atoms with Crippen LogP contribution in [0.4, 0.5) is 4.39 Å². The van der Waals surface area contributed by atoms with Crippen LogP contribution in [0.1, 0.15) is 5.56 Å². The van der Waals surface area contributed by atoms with E-state index in [1.807, 2.05) is 24.3 Å². The number of aromatic nitrogens is 4. The van der Waals surface area contributed by atoms with Crippen molar-refractivity contribution in [3.05, 3.63) is 59.9 Å². The summed E-state index contributed by atoms with van der Waals surface area (Å²) in [7, 11) is 1.60. The number of carbonyl (C=O) groups is 1. The molecule has 0 unspecified atom stereocenters. The quantitative estimate of drug-likeness (QED) is 0.739. The van der Waals surface area contributed by atoms with Crippen molar-refractivity contribution < 1.29 is 13.9 Å². The van der Waals surface area contributed by atoms with Gasteiger partial charge in [-0.2, -0.15) is 4.80 Å². The zero-order valence-electron chi connectivity index (χ0n) is 13.5. The van der Waals surface area contributed by atoms with Crippen LogP contribution < -0.4 is 10.1 Å². The number of tetrazole rings is 1. The van der Waals surface area contributed by atoms with Gasteiger partial charge in [-0.05, 0) is 47.2 Å². The average molecular weight is 341 g/mol. The molecule has 7 nitrogen and oxygen atoms in total. The largest absolute Gasteiger partial charge is 0.497 e. The lowest BCUT2D eigenvalue weighted by Gasteiger charge is -2.05. The zero-order valence-corrected chi connectivity index (χ0v) is 13.5. The average Bonchev–Trinajstić information content (AvgIpc) is 3.09. The SMILES string of the molecule is COc1ccc(CNC(=O)Cn2nnc(-c3ccc(F)cc3)n2)cc1. The van der Waals surface area contributed by atoms with Gasteiger partial charge in [-0.15, -0.1) is 10.2 Å². The van der Waals surface area contributed by atoms with Crippen LogP contribution in [0.2, 0.25) is 0 Å². The first-order valence-electron chi connectivity index (χ1n) is 7.57. The van der Waals surface area contributed by atoms with Crippen molar-refractivity contribution in [3.63, 3.8) is 0 Å². The third-order valence-electron chi connectivity index (χ3n) is 3.49. The molecular formula is C17H16FN5O2. The first-order chi connectivity index (χ1) is 12.1. The van der Waals surface area contributed by atoms with Gasteiger partial charge in [0.15, 0.2) is 0 Å². The van der Waals surface area contributed by atoms with E-state index in [0.717, 1.165) is 11.3 Å². The highest BCUT2D eigenvalue weighted by molar-refractivity contribution is 5.75. The van der Waals surface area contributed by atoms with Crippen molar-refractivity contribution in [2.24, 2.45) is 0 Å². The minimum atomic E-state index is -0.339. The molecule has 1 aromatic heterocycles. The van der Waals surface area contributed by atoms with E-state index in [0.29, 0.717) is 17.9 Å². The van der Waals surface area contributed by atoms with Gasteiger partial charge in [0, 0.05) is 12.1 Å². The highest BCUT2D eigenvalue weighted by Crippen LogP contribution is 2.13. The molecule has 0 radical (unpaired) electrons. The summed E-state index contributed by atoms with van der Waals surface area (Å²) in [6, 6.07) is 13.2. The Morgan fingerprint density at radius 2 is 1.88 bits per heavy atom. The summed E-state index contributed by atoms with van der Waals surface area (Å²) < 4.78 is 18.0. The Morgan fingerprint density at radius 3 is 2.56 bits per heavy atom. The number of benzene rings is 2. The van der Waals surface area contributed by atoms with E-state index in [1.165, 1.54) is 16.9 Å². The van der Waals surface area contributed by atoms with Crippen molar-refractivity contribution >= 4 is 5.91 Å². The molecule has 1 heterocycles. The highest BCUT2D eigenvalue weighted by atomic mass is 19.1. The van der Waals surface area contributed by atoms with Gasteiger partial charge < -0.3 is 10.1 Å². The van der Waals surface area contributed by atoms with E-state index in [2.05, 4.69) is 20.7 Å². The second-order valence-corrected chi connectivity index (χ2v) is 5.28. The summed E-state index contributed by atoms with van der Waals surface area (Å²) in [5.74, 6) is 0.520. The summed E-state index contributed by atoms with van der Waals surface area (Å²) >= 11 is 0. The third kappa shape index (κ3) is 4.37. The molecule has 0 atom stereocenters. The Kier molecular flexibility index (Phi) is 4.98. The third-order valence-corrected chi connectivity index (χ3v) is 3.49. The molecule has 2 aromatic carbocycles. The van der Waals surface area contributed by atoms with Gasteiger partial charge in [0.05, 0.1) is 7.11 Å². The molecule has 0 aliphatic heterocycles. The number of rotatable bonds is 6. The van der Waals surface area contributed by atoms with Gasteiger partial charge in [0.25, 0.3) is 0 Å². The Hall–Kier alpha value is -3.29. The number of nitrogens with zero attached hydrogens (tertiary/aromatic N) is 4. The van der Waals surface area contributed by atoms with E-state index in [1.54, 1.807) is 19.2 Å². The number of carbonyl (C=O) groups excluding carboxylic acids is 1. The van der Waals surface area contributed by atoms with Crippen molar-refractivity contribution in [1.82, 2.24) is 25.5 Å². The summed E-state index contributed by atoms with van der Waals surface area (Å²) in [5.41, 5.74) is 1.58. The number of hydrogen-bond donors (Lipinski definition) is 1. The minimum absolute atomic E-state index is 0.0512. The Labute approximate surface area is 143 Å². The normalized spacial score (nSPS) is 10.5. The fourth-order valence-electron chi connectivity index (χ4n) is 2.15. The molecule has 0 fully saturated rings. The Morgan fingerprint density at radius 1 is 1.16 bits per heavy atom. The van der Waals surface area contributed by atoms with Crippen LogP contribution in [0.25, 0.3) is 11.4 Å². The van der Waals surface area contributed by atoms with Crippen molar-refractivity contribution in [2.75, 3.05) is 7.11 Å². The summed E-state index contributed by atoms with van der Waals surface area (Å²) in [6.07, 6.45) is 0. The van der Waals surface area contributed by atoms with Crippen molar-refractivity contribution in [3.8, 4) is 17.1 Å². The second-order valence-electron chi connectivity index (χ2n) is 5.28. The summed E-state index contributed by atoms with van der Waals surface area (Å²) in [6.45, 7) is 0.340. The van der Waals surface area contributed by atoms with Gasteiger partial charge in [-0.3, -0.25) is 4.79 Å². The lowest BCUT2D eigenvalue weighted by atomic mass is 10.2. The lowest BCUT2D eigenvalue weighted by molar-refractivity contribution is -0.122. The number of amides is 1. The number of hydrogen-bond acceptors (Lipinski definition) is 5. The van der Waals surface area contributed by atoms with Crippen LogP contribution in [-0.2, 0) is 17.9 Å². The molecule has 0 spiro atoms. The van der Waals surface area contributed by atoms with Gasteiger partial charge in [0.1, 0.15) is 18.1 Å². The smallest absolute Gasteiger partial charge is 0.243 e. The summed E-state index contributed by atoms with van der Waals surface area (Å²) in [4.78, 5) is 13.2. The second kappa shape index (κ2) is 7.52. The maximum atomic E-state index is 12.9. The van der Waals surface area contributed by atoms with Crippen LogP contribution in [0, 0.1) is 5.82 Å². The van der Waals surface area contributed by atoms with Gasteiger partial charge in [0.2, 0.25) is 11.7 Å². The first-order valence-corrected chi connectivity index (χ1v) is 7.57. The maximum absolute atomic E-state index is 12.9. The van der Waals surface area contributed by atoms with Crippen LogP contribution in [-0.4, -0.2) is 33.2 Å². The molecule has 0 saturated carbocycles. The Balaban J connectivity index is 1.55. The van der Waals surface area contributed by atoms with Crippen LogP contribution in [0.3, 0.4) is 0 Å². The molecular weight excluding hydrogens is 325 g/mol. The molecule has 25 heavy (non-hydrogen) atoms. The minimum Gasteiger partial charge on any atom is -0.497 e. The van der Waals surface area contributed by atoms with E-state index in [4.69, 9.17) is 4.74 Å². The van der Waals surface area contributed by atoms with Crippen LogP contribution in [0.5, 0.6) is 5.75 Å². The fraction of sp³-hybridized carbons (Fsp3) is 0.176.